The number of nitrogens with one attached hydrogen (secondary N) is 1. The molecule has 27 heavy (non-hydrogen) atoms. The highest BCUT2D eigenvalue weighted by atomic mass is 16.6. The number of benzene rings is 1. The number of rotatable bonds is 4. The largest absolute Gasteiger partial charge is 0.444 e. The molecule has 1 aromatic carbocycles. The van der Waals surface area contributed by atoms with Crippen molar-refractivity contribution in [1.82, 2.24) is 10.2 Å². The number of nitrogens with two attached hydrogens (primary N) is 2. The Balaban J connectivity index is 2.31. The summed E-state index contributed by atoms with van der Waals surface area (Å²) in [6.07, 6.45) is -1.04. The van der Waals surface area contributed by atoms with E-state index >= 15 is 0 Å². The summed E-state index contributed by atoms with van der Waals surface area (Å²) in [5.74, 6) is -2.24. The predicted molar refractivity (Wildman–Crippen MR) is 96.4 cm³/mol. The molecule has 0 bridgehead atoms. The van der Waals surface area contributed by atoms with Gasteiger partial charge in [-0.25, -0.2) is 4.79 Å². The van der Waals surface area contributed by atoms with Crippen LogP contribution < -0.4 is 16.8 Å². The second kappa shape index (κ2) is 7.26. The van der Waals surface area contributed by atoms with Gasteiger partial charge in [0.1, 0.15) is 17.2 Å². The van der Waals surface area contributed by atoms with Crippen molar-refractivity contribution in [3.8, 4) is 0 Å². The molecule has 0 aromatic heterocycles. The number of carbonyl (C=O) groups is 4. The fourth-order valence-corrected chi connectivity index (χ4v) is 2.88. The molecular weight excluding hydrogens is 352 g/mol. The lowest BCUT2D eigenvalue weighted by atomic mass is 9.94. The lowest BCUT2D eigenvalue weighted by molar-refractivity contribution is -0.123. The molecule has 1 heterocycles. The van der Waals surface area contributed by atoms with Crippen LogP contribution in [0.15, 0.2) is 30.3 Å². The van der Waals surface area contributed by atoms with E-state index in [4.69, 9.17) is 16.2 Å². The van der Waals surface area contributed by atoms with Gasteiger partial charge in [-0.1, -0.05) is 18.2 Å². The number of amides is 4. The number of nitrogens with zero attached hydrogens (tertiary/aromatic N) is 1. The number of primary amides is 2. The zero-order valence-electron chi connectivity index (χ0n) is 15.5. The smallest absolute Gasteiger partial charge is 0.411 e. The van der Waals surface area contributed by atoms with E-state index in [1.165, 1.54) is 0 Å². The summed E-state index contributed by atoms with van der Waals surface area (Å²) >= 11 is 0. The zero-order valence-corrected chi connectivity index (χ0v) is 15.5. The first kappa shape index (κ1) is 20.2. The fraction of sp³-hybridized carbons (Fsp3) is 0.444. The van der Waals surface area contributed by atoms with Crippen LogP contribution in [0.2, 0.25) is 0 Å². The van der Waals surface area contributed by atoms with Crippen molar-refractivity contribution in [2.75, 3.05) is 6.54 Å². The Morgan fingerprint density at radius 3 is 2.22 bits per heavy atom. The van der Waals surface area contributed by atoms with Crippen LogP contribution in [0.25, 0.3) is 0 Å². The van der Waals surface area contributed by atoms with Crippen molar-refractivity contribution >= 4 is 23.8 Å². The predicted octanol–water partition coefficient (Wildman–Crippen LogP) is 0.135. The highest BCUT2D eigenvalue weighted by Gasteiger charge is 2.53. The third-order valence-corrected chi connectivity index (χ3v) is 4.18. The molecule has 1 saturated heterocycles. The minimum Gasteiger partial charge on any atom is -0.444 e. The van der Waals surface area contributed by atoms with Crippen LogP contribution in [0.1, 0.15) is 37.6 Å². The normalized spacial score (nSPS) is 22.2. The van der Waals surface area contributed by atoms with E-state index in [0.29, 0.717) is 5.56 Å². The summed E-state index contributed by atoms with van der Waals surface area (Å²) in [4.78, 5) is 50.1. The molecule has 2 rings (SSSR count). The van der Waals surface area contributed by atoms with E-state index in [0.717, 1.165) is 4.90 Å². The molecule has 2 atom stereocenters. The Labute approximate surface area is 157 Å². The second-order valence-corrected chi connectivity index (χ2v) is 7.50. The SMILES string of the molecule is CC(C)(C)OC(=O)N1C[C@@](NC(=O)c2ccccc2)(C(N)=O)C[C@H]1C(N)=O. The Bertz CT molecular complexity index is 759. The lowest BCUT2D eigenvalue weighted by Gasteiger charge is -2.29. The molecule has 9 heteroatoms. The summed E-state index contributed by atoms with van der Waals surface area (Å²) in [5.41, 5.74) is 8.79. The number of carbonyl (C=O) groups excluding carboxylic acids is 4. The molecule has 1 aliphatic rings. The number of hydrogen-bond acceptors (Lipinski definition) is 5. The van der Waals surface area contributed by atoms with Gasteiger partial charge in [-0.2, -0.15) is 0 Å². The Morgan fingerprint density at radius 2 is 1.74 bits per heavy atom. The first-order chi connectivity index (χ1) is 12.4. The van der Waals surface area contributed by atoms with Crippen molar-refractivity contribution in [2.24, 2.45) is 11.5 Å². The van der Waals surface area contributed by atoms with Gasteiger partial charge in [0.05, 0.1) is 6.54 Å². The van der Waals surface area contributed by atoms with Gasteiger partial charge in [0.15, 0.2) is 0 Å². The van der Waals surface area contributed by atoms with Crippen LogP contribution in [-0.2, 0) is 14.3 Å². The second-order valence-electron chi connectivity index (χ2n) is 7.50. The van der Waals surface area contributed by atoms with Gasteiger partial charge in [-0.15, -0.1) is 0 Å². The van der Waals surface area contributed by atoms with E-state index in [2.05, 4.69) is 5.32 Å². The highest BCUT2D eigenvalue weighted by molar-refractivity contribution is 6.00. The van der Waals surface area contributed by atoms with Crippen molar-refractivity contribution in [3.63, 3.8) is 0 Å². The fourth-order valence-electron chi connectivity index (χ4n) is 2.88. The number of ether oxygens (including phenoxy) is 1. The highest BCUT2D eigenvalue weighted by Crippen LogP contribution is 2.29. The van der Waals surface area contributed by atoms with Crippen molar-refractivity contribution in [1.29, 1.82) is 0 Å². The topological polar surface area (TPSA) is 145 Å². The van der Waals surface area contributed by atoms with Crippen LogP contribution in [0, 0.1) is 0 Å². The van der Waals surface area contributed by atoms with Gasteiger partial charge >= 0.3 is 6.09 Å². The number of hydrogen-bond donors (Lipinski definition) is 3. The monoisotopic (exact) mass is 376 g/mol. The molecule has 0 radical (unpaired) electrons. The van der Waals surface area contributed by atoms with E-state index < -0.39 is 41.0 Å². The summed E-state index contributed by atoms with van der Waals surface area (Å²) in [5, 5.41) is 2.57. The summed E-state index contributed by atoms with van der Waals surface area (Å²) in [6.45, 7) is 4.68. The van der Waals surface area contributed by atoms with Crippen molar-refractivity contribution in [3.05, 3.63) is 35.9 Å². The van der Waals surface area contributed by atoms with Crippen LogP contribution >= 0.6 is 0 Å². The molecule has 0 spiro atoms. The summed E-state index contributed by atoms with van der Waals surface area (Å²) in [6, 6.07) is 7.07. The van der Waals surface area contributed by atoms with Crippen LogP contribution in [0.5, 0.6) is 0 Å². The van der Waals surface area contributed by atoms with Crippen LogP contribution in [-0.4, -0.2) is 52.4 Å². The van der Waals surface area contributed by atoms with Crippen molar-refractivity contribution in [2.45, 2.75) is 44.4 Å². The molecule has 0 saturated carbocycles. The van der Waals surface area contributed by atoms with E-state index in [1.807, 2.05) is 0 Å². The van der Waals surface area contributed by atoms with Gasteiger partial charge < -0.3 is 21.5 Å². The first-order valence-electron chi connectivity index (χ1n) is 8.41. The molecule has 1 aliphatic heterocycles. The third-order valence-electron chi connectivity index (χ3n) is 4.18. The molecule has 4 amide bonds. The average Bonchev–Trinajstić information content (AvgIpc) is 2.95. The Kier molecular flexibility index (Phi) is 5.43. The van der Waals surface area contributed by atoms with Crippen LogP contribution in [0.4, 0.5) is 4.79 Å². The maximum atomic E-state index is 12.5. The van der Waals surface area contributed by atoms with Gasteiger partial charge in [0, 0.05) is 12.0 Å². The first-order valence-corrected chi connectivity index (χ1v) is 8.41. The van der Waals surface area contributed by atoms with E-state index in [9.17, 15) is 19.2 Å². The standard InChI is InChI=1S/C18H24N4O5/c1-17(2,3)27-16(26)22-10-18(15(20)25,9-12(22)13(19)23)21-14(24)11-7-5-4-6-8-11/h4-8,12H,9-10H2,1-3H3,(H2,19,23)(H2,20,25)(H,21,24)/t12-,18+/m0/s1. The minimum atomic E-state index is -1.64. The third kappa shape index (κ3) is 4.55. The summed E-state index contributed by atoms with van der Waals surface area (Å²) < 4.78 is 5.28. The van der Waals surface area contributed by atoms with Gasteiger partial charge in [0.25, 0.3) is 5.91 Å². The van der Waals surface area contributed by atoms with Gasteiger partial charge in [-0.05, 0) is 32.9 Å². The average molecular weight is 376 g/mol. The maximum absolute atomic E-state index is 12.5. The molecule has 1 fully saturated rings. The Hall–Kier alpha value is -3.10. The summed E-state index contributed by atoms with van der Waals surface area (Å²) in [7, 11) is 0. The zero-order chi connectivity index (χ0) is 20.4. The molecular formula is C18H24N4O5. The quantitative estimate of drug-likeness (QED) is 0.684. The molecule has 9 nitrogen and oxygen atoms in total. The van der Waals surface area contributed by atoms with Crippen molar-refractivity contribution < 1.29 is 23.9 Å². The number of likely N-dealkylation sites (tertiary alicyclic amines) is 1. The van der Waals surface area contributed by atoms with Gasteiger partial charge in [0.2, 0.25) is 11.8 Å². The molecule has 1 aromatic rings. The molecule has 5 N–H and O–H groups in total. The minimum absolute atomic E-state index is 0.227. The van der Waals surface area contributed by atoms with E-state index in [-0.39, 0.29) is 13.0 Å². The Morgan fingerprint density at radius 1 is 1.15 bits per heavy atom. The lowest BCUT2D eigenvalue weighted by Crippen LogP contribution is -2.59. The maximum Gasteiger partial charge on any atom is 0.411 e. The van der Waals surface area contributed by atoms with Gasteiger partial charge in [-0.3, -0.25) is 19.3 Å². The van der Waals surface area contributed by atoms with Crippen LogP contribution in [0.3, 0.4) is 0 Å². The molecule has 146 valence electrons. The van der Waals surface area contributed by atoms with E-state index in [1.54, 1.807) is 51.1 Å². The molecule has 0 unspecified atom stereocenters. The molecule has 0 aliphatic carbocycles.